The molecule has 19 nitrogen and oxygen atoms in total. The second-order valence-electron chi connectivity index (χ2n) is 26.7. The molecule has 1 saturated carbocycles. The number of aromatic nitrogens is 8. The van der Waals surface area contributed by atoms with Gasteiger partial charge in [-0.2, -0.15) is 0 Å². The van der Waals surface area contributed by atoms with Crippen LogP contribution in [0.25, 0.3) is 0 Å². The lowest BCUT2D eigenvalue weighted by atomic mass is 10.1. The number of anilines is 7. The maximum Gasteiger partial charge on any atom is 0.254 e. The van der Waals surface area contributed by atoms with Crippen LogP contribution in [0.4, 0.5) is 40.6 Å². The lowest BCUT2D eigenvalue weighted by Gasteiger charge is -2.35. The highest BCUT2D eigenvalue weighted by Gasteiger charge is 2.39. The van der Waals surface area contributed by atoms with Gasteiger partial charge in [-0.25, -0.2) is 29.9 Å². The van der Waals surface area contributed by atoms with Gasteiger partial charge in [0.15, 0.2) is 0 Å². The Labute approximate surface area is 587 Å². The fourth-order valence-electron chi connectivity index (χ4n) is 13.4. The van der Waals surface area contributed by atoms with Crippen LogP contribution in [-0.4, -0.2) is 165 Å². The summed E-state index contributed by atoms with van der Waals surface area (Å²) in [6.07, 6.45) is 29.2. The monoisotopic (exact) mass is 1330 g/mol. The number of nitrogens with zero attached hydrogens (tertiary/aromatic N) is 15. The van der Waals surface area contributed by atoms with Crippen LogP contribution in [0.2, 0.25) is 0 Å². The Hall–Kier alpha value is -9.88. The van der Waals surface area contributed by atoms with E-state index in [0.29, 0.717) is 17.6 Å². The first-order valence-electron chi connectivity index (χ1n) is 35.1. The van der Waals surface area contributed by atoms with Crippen molar-refractivity contribution < 1.29 is 9.59 Å². The quantitative estimate of drug-likeness (QED) is 0.139. The molecule has 4 bridgehead atoms. The Bertz CT molecular complexity index is 3650. The summed E-state index contributed by atoms with van der Waals surface area (Å²) in [6, 6.07) is 44.1. The lowest BCUT2D eigenvalue weighted by molar-refractivity contribution is 0.0739. The molecule has 99 heavy (non-hydrogen) atoms. The number of rotatable bonds is 9. The molecule has 4 atom stereocenters. The summed E-state index contributed by atoms with van der Waals surface area (Å²) in [5, 5.41) is 6.68. The molecule has 6 saturated heterocycles. The van der Waals surface area contributed by atoms with E-state index in [1.54, 1.807) is 36.9 Å². The smallest absolute Gasteiger partial charge is 0.254 e. The fraction of sp³-hybridized carbons (Fsp3) is 0.400. The minimum Gasteiger partial charge on any atom is -0.357 e. The van der Waals surface area contributed by atoms with Gasteiger partial charge < -0.3 is 44.9 Å². The van der Waals surface area contributed by atoms with E-state index >= 15 is 0 Å². The van der Waals surface area contributed by atoms with Gasteiger partial charge in [0, 0.05) is 182 Å². The first kappa shape index (κ1) is 71.9. The van der Waals surface area contributed by atoms with Gasteiger partial charge >= 0.3 is 0 Å². The molecule has 0 spiro atoms. The molecule has 8 aromatic heterocycles. The number of hydrogen-bond acceptors (Lipinski definition) is 17. The van der Waals surface area contributed by atoms with Crippen LogP contribution in [0.1, 0.15) is 113 Å². The van der Waals surface area contributed by atoms with E-state index in [2.05, 4.69) is 144 Å². The largest absolute Gasteiger partial charge is 0.357 e. The van der Waals surface area contributed by atoms with Crippen molar-refractivity contribution in [1.29, 1.82) is 0 Å². The summed E-state index contributed by atoms with van der Waals surface area (Å²) in [5.41, 5.74) is 9.66. The average molecular weight is 1330 g/mol. The maximum atomic E-state index is 12.4. The van der Waals surface area contributed by atoms with Gasteiger partial charge in [0.2, 0.25) is 0 Å². The average Bonchev–Trinajstić information content (AvgIpc) is 1.70. The Morgan fingerprint density at radius 1 is 0.404 bits per heavy atom. The molecule has 16 rings (SSSR count). The number of fused-ring (bicyclic) bond motifs is 4. The normalized spacial score (nSPS) is 18.8. The Kier molecular flexibility index (Phi) is 26.2. The number of pyridine rings is 8. The molecule has 2 N–H and O–H groups in total. The molecule has 7 fully saturated rings. The van der Waals surface area contributed by atoms with Gasteiger partial charge in [-0.05, 0) is 192 Å². The van der Waals surface area contributed by atoms with Gasteiger partial charge in [-0.15, -0.1) is 0 Å². The summed E-state index contributed by atoms with van der Waals surface area (Å²) in [5.74, 6) is 7.44. The van der Waals surface area contributed by atoms with E-state index in [-0.39, 0.29) is 19.2 Å². The molecular formula is C80H101N17O2. The van der Waals surface area contributed by atoms with E-state index in [9.17, 15) is 9.59 Å². The summed E-state index contributed by atoms with van der Waals surface area (Å²) in [6.45, 7) is 24.4. The standard InChI is InChI=1S/C17H19N3O.C16H18N4O.C12H16N2.C12H18N2.C11H15N3.C11H11N3.CH4/c1-14-7-8-16(18-13-14)19-9-11-20(12-10-19)17(21)15-5-3-2-4-6-15;1-13-2-3-15(18-12-13)19-8-10-20(11-9-19)16(21)14-4-6-17-7-5-14;1-9-2-5-12(13-7-9)14-8-10-3-4-11(14)6-10;1-11-6-7-12(13-10-11)14-8-4-2-3-5-9-14;1-8-2-3-11(13-5-8)14-7-9-4-10(14)6-12-9;1-9-2-3-11(13-8-9)14-10-4-6-12-7-5-10;/h2-8,13H,9-12H2,1H3;2-7,12H,8-11H2,1H3;2,5,7,10-11H,3-4,6,8H2,1H3;6-7,10H,2-5,8-9H2,1H3;2-3,5,9-10,12H,4,6-7H2,1H3;2-8H,1H3,(H,12,13,14);1H4. The second kappa shape index (κ2) is 36.1. The third kappa shape index (κ3) is 20.8. The van der Waals surface area contributed by atoms with Gasteiger partial charge in [-0.3, -0.25) is 19.6 Å². The van der Waals surface area contributed by atoms with Gasteiger partial charge in [0.05, 0.1) is 0 Å². The number of hydrogen-bond donors (Lipinski definition) is 2. The number of carbonyl (C=O) groups excluding carboxylic acids is 2. The number of benzene rings is 1. The zero-order valence-corrected chi connectivity index (χ0v) is 58.1. The Morgan fingerprint density at radius 2 is 0.818 bits per heavy atom. The molecule has 2 amide bonds. The molecular weight excluding hydrogens is 1230 g/mol. The number of aryl methyl sites for hydroxylation is 6. The molecule has 1 aliphatic carbocycles. The predicted octanol–water partition coefficient (Wildman–Crippen LogP) is 13.4. The predicted molar refractivity (Wildman–Crippen MR) is 402 cm³/mol. The van der Waals surface area contributed by atoms with Gasteiger partial charge in [-0.1, -0.05) is 74.9 Å². The lowest BCUT2D eigenvalue weighted by Crippen LogP contribution is -2.49. The molecule has 19 heteroatoms. The van der Waals surface area contributed by atoms with Crippen LogP contribution in [0.15, 0.2) is 189 Å². The highest BCUT2D eigenvalue weighted by Crippen LogP contribution is 2.39. The number of carbonyl (C=O) groups is 2. The third-order valence-electron chi connectivity index (χ3n) is 19.1. The van der Waals surface area contributed by atoms with Crippen molar-refractivity contribution in [2.75, 3.05) is 115 Å². The topological polar surface area (TPSA) is 184 Å². The van der Waals surface area contributed by atoms with E-state index in [0.717, 1.165) is 134 Å². The van der Waals surface area contributed by atoms with E-state index < -0.39 is 0 Å². The van der Waals surface area contributed by atoms with E-state index in [1.165, 1.54) is 93.5 Å². The van der Waals surface area contributed by atoms with Crippen LogP contribution in [0, 0.1) is 47.5 Å². The van der Waals surface area contributed by atoms with E-state index in [1.807, 2.05) is 134 Å². The number of piperidine rings is 1. The van der Waals surface area contributed by atoms with Crippen molar-refractivity contribution in [2.45, 2.75) is 118 Å². The molecule has 7 aliphatic rings. The summed E-state index contributed by atoms with van der Waals surface area (Å²) >= 11 is 0. The van der Waals surface area contributed by atoms with Gasteiger partial charge in [0.1, 0.15) is 34.9 Å². The van der Waals surface area contributed by atoms with Crippen LogP contribution in [0.3, 0.4) is 0 Å². The third-order valence-corrected chi connectivity index (χ3v) is 19.1. The Morgan fingerprint density at radius 3 is 1.20 bits per heavy atom. The molecule has 6 aliphatic heterocycles. The van der Waals surface area contributed by atoms with E-state index in [4.69, 9.17) is 0 Å². The summed E-state index contributed by atoms with van der Waals surface area (Å²) in [4.78, 5) is 74.8. The minimum absolute atomic E-state index is 0. The first-order chi connectivity index (χ1) is 47.8. The molecule has 4 unspecified atom stereocenters. The van der Waals surface area contributed by atoms with Crippen molar-refractivity contribution >= 4 is 52.4 Å². The Balaban J connectivity index is 0.000000130. The molecule has 0 radical (unpaired) electrons. The molecule has 9 aromatic rings. The van der Waals surface area contributed by atoms with Gasteiger partial charge in [0.25, 0.3) is 11.8 Å². The highest BCUT2D eigenvalue weighted by molar-refractivity contribution is 5.95. The SMILES string of the molecule is C.Cc1ccc(N2CC3CC2CN3)nc1.Cc1ccc(N2CC3CCC2C3)nc1.Cc1ccc(N2CCCCCC2)nc1.Cc1ccc(N2CCN(C(=O)c3ccccc3)CC2)nc1.Cc1ccc(N2CCN(C(=O)c3ccncc3)CC2)nc1.Cc1ccc(Nc2ccncc2)nc1. The van der Waals surface area contributed by atoms with Crippen molar-refractivity contribution in [2.24, 2.45) is 5.92 Å². The van der Waals surface area contributed by atoms with Crippen LogP contribution in [0.5, 0.6) is 0 Å². The summed E-state index contributed by atoms with van der Waals surface area (Å²) in [7, 11) is 0. The maximum absolute atomic E-state index is 12.4. The van der Waals surface area contributed by atoms with Crippen molar-refractivity contribution in [3.63, 3.8) is 0 Å². The molecule has 14 heterocycles. The van der Waals surface area contributed by atoms with Crippen LogP contribution < -0.4 is 35.1 Å². The summed E-state index contributed by atoms with van der Waals surface area (Å²) < 4.78 is 0. The highest BCUT2D eigenvalue weighted by atomic mass is 16.2. The zero-order valence-electron chi connectivity index (χ0n) is 58.1. The number of amides is 2. The minimum atomic E-state index is 0. The first-order valence-corrected chi connectivity index (χ1v) is 35.1. The number of piperazine rings is 3. The van der Waals surface area contributed by atoms with Crippen LogP contribution in [-0.2, 0) is 0 Å². The number of nitrogens with one attached hydrogen (secondary N) is 2. The van der Waals surface area contributed by atoms with Crippen molar-refractivity contribution in [3.05, 3.63) is 234 Å². The van der Waals surface area contributed by atoms with Crippen molar-refractivity contribution in [1.82, 2.24) is 55.0 Å². The fourth-order valence-corrected chi connectivity index (χ4v) is 13.4. The second-order valence-corrected chi connectivity index (χ2v) is 26.7. The molecule has 518 valence electrons. The van der Waals surface area contributed by atoms with Crippen molar-refractivity contribution in [3.8, 4) is 0 Å². The van der Waals surface area contributed by atoms with Crippen LogP contribution >= 0.6 is 0 Å². The molecule has 1 aromatic carbocycles. The zero-order chi connectivity index (χ0) is 68.0.